The minimum Gasteiger partial charge on any atom is -0.356 e. The van der Waals surface area contributed by atoms with Gasteiger partial charge in [-0.3, -0.25) is 9.20 Å². The largest absolute Gasteiger partial charge is 0.356 e. The number of hydrogen-bond acceptors (Lipinski definition) is 6. The van der Waals surface area contributed by atoms with Crippen LogP contribution in [0.15, 0.2) is 30.5 Å². The minimum absolute atomic E-state index is 0.0359. The Morgan fingerprint density at radius 1 is 0.900 bits per heavy atom. The Labute approximate surface area is 176 Å². The summed E-state index contributed by atoms with van der Waals surface area (Å²) in [5, 5.41) is 0. The van der Waals surface area contributed by atoms with E-state index in [4.69, 9.17) is 4.98 Å². The van der Waals surface area contributed by atoms with E-state index < -0.39 is 0 Å². The Balaban J connectivity index is 1.32. The fraction of sp³-hybridized carbons (Fsp3) is 0.455. The molecule has 0 N–H and O–H groups in total. The highest BCUT2D eigenvalue weighted by molar-refractivity contribution is 5.94. The molecule has 3 aromatic rings. The molecule has 0 bridgehead atoms. The van der Waals surface area contributed by atoms with Crippen LogP contribution in [0.4, 0.5) is 11.8 Å². The van der Waals surface area contributed by atoms with Crippen molar-refractivity contribution < 1.29 is 4.79 Å². The number of piperazine rings is 1. The Morgan fingerprint density at radius 3 is 2.43 bits per heavy atom. The molecule has 2 fully saturated rings. The molecule has 1 amide bonds. The van der Waals surface area contributed by atoms with Crippen LogP contribution in [0.1, 0.15) is 34.7 Å². The van der Waals surface area contributed by atoms with Crippen molar-refractivity contribution in [3.05, 3.63) is 47.5 Å². The van der Waals surface area contributed by atoms with Gasteiger partial charge in [-0.15, -0.1) is 0 Å². The number of aryl methyl sites for hydroxylation is 2. The number of aromatic nitrogens is 4. The van der Waals surface area contributed by atoms with Crippen molar-refractivity contribution in [1.82, 2.24) is 24.3 Å². The molecule has 156 valence electrons. The molecule has 0 atom stereocenters. The molecule has 0 radical (unpaired) electrons. The number of anilines is 2. The van der Waals surface area contributed by atoms with Crippen LogP contribution in [-0.4, -0.2) is 69.4 Å². The van der Waals surface area contributed by atoms with Crippen LogP contribution in [0, 0.1) is 13.8 Å². The van der Waals surface area contributed by atoms with Crippen LogP contribution in [0.3, 0.4) is 0 Å². The third-order valence-electron chi connectivity index (χ3n) is 6.02. The third-order valence-corrected chi connectivity index (χ3v) is 6.02. The van der Waals surface area contributed by atoms with Crippen molar-refractivity contribution in [3.8, 4) is 0 Å². The molecule has 30 heavy (non-hydrogen) atoms. The number of pyridine rings is 1. The predicted octanol–water partition coefficient (Wildman–Crippen LogP) is 2.30. The molecule has 5 heterocycles. The Morgan fingerprint density at radius 2 is 1.67 bits per heavy atom. The number of nitrogens with zero attached hydrogens (tertiary/aromatic N) is 7. The van der Waals surface area contributed by atoms with E-state index in [0.717, 1.165) is 55.0 Å². The molecule has 8 nitrogen and oxygen atoms in total. The lowest BCUT2D eigenvalue weighted by Gasteiger charge is -2.35. The summed E-state index contributed by atoms with van der Waals surface area (Å²) in [7, 11) is 0. The van der Waals surface area contributed by atoms with Gasteiger partial charge in [-0.05, 0) is 38.8 Å². The summed E-state index contributed by atoms with van der Waals surface area (Å²) in [5.74, 6) is 1.83. The molecule has 2 aliphatic rings. The van der Waals surface area contributed by atoms with Crippen molar-refractivity contribution in [1.29, 1.82) is 0 Å². The fourth-order valence-electron chi connectivity index (χ4n) is 4.42. The maximum absolute atomic E-state index is 13.2. The predicted molar refractivity (Wildman–Crippen MR) is 116 cm³/mol. The van der Waals surface area contributed by atoms with Gasteiger partial charge in [-0.2, -0.15) is 4.98 Å². The Kier molecular flexibility index (Phi) is 4.77. The van der Waals surface area contributed by atoms with E-state index in [1.165, 1.54) is 12.8 Å². The van der Waals surface area contributed by atoms with Crippen LogP contribution >= 0.6 is 0 Å². The van der Waals surface area contributed by atoms with Gasteiger partial charge in [0.15, 0.2) is 0 Å². The van der Waals surface area contributed by atoms with Gasteiger partial charge in [0.2, 0.25) is 5.95 Å². The molecule has 0 unspecified atom stereocenters. The van der Waals surface area contributed by atoms with Gasteiger partial charge in [0.25, 0.3) is 5.91 Å². The lowest BCUT2D eigenvalue weighted by atomic mass is 10.2. The number of imidazole rings is 1. The smallest absolute Gasteiger partial charge is 0.272 e. The zero-order valence-electron chi connectivity index (χ0n) is 17.6. The van der Waals surface area contributed by atoms with Crippen LogP contribution in [0.5, 0.6) is 0 Å². The van der Waals surface area contributed by atoms with E-state index in [0.29, 0.717) is 18.8 Å². The standard InChI is InChI=1S/C22H27N7O/c1-16-15-19(26-8-5-6-9-26)25-22(23-16)28-13-11-27(12-14-28)21(30)20-17(2)24-18-7-3-4-10-29(18)20/h3-4,7,10,15H,5-6,8-9,11-14H2,1-2H3. The molecule has 0 saturated carbocycles. The van der Waals surface area contributed by atoms with Gasteiger partial charge in [0.1, 0.15) is 17.2 Å². The SMILES string of the molecule is Cc1cc(N2CCCC2)nc(N2CCN(C(=O)c3c(C)nc4ccccn34)CC2)n1. The number of carbonyl (C=O) groups is 1. The van der Waals surface area contributed by atoms with Crippen molar-refractivity contribution in [3.63, 3.8) is 0 Å². The summed E-state index contributed by atoms with van der Waals surface area (Å²) in [5.41, 5.74) is 3.22. The van der Waals surface area contributed by atoms with Gasteiger partial charge in [-0.1, -0.05) is 6.07 Å². The number of rotatable bonds is 3. The van der Waals surface area contributed by atoms with E-state index in [1.807, 2.05) is 47.5 Å². The fourth-order valence-corrected chi connectivity index (χ4v) is 4.42. The quantitative estimate of drug-likeness (QED) is 0.666. The van der Waals surface area contributed by atoms with Crippen LogP contribution in [0.2, 0.25) is 0 Å². The second kappa shape index (κ2) is 7.59. The first-order chi connectivity index (χ1) is 14.6. The number of carbonyl (C=O) groups excluding carboxylic acids is 1. The summed E-state index contributed by atoms with van der Waals surface area (Å²) in [6.45, 7) is 8.81. The molecular weight excluding hydrogens is 378 g/mol. The Bertz CT molecular complexity index is 1080. The number of amides is 1. The summed E-state index contributed by atoms with van der Waals surface area (Å²) in [6, 6.07) is 7.86. The molecule has 2 saturated heterocycles. The molecule has 2 aliphatic heterocycles. The van der Waals surface area contributed by atoms with Crippen molar-refractivity contribution in [2.45, 2.75) is 26.7 Å². The molecular formula is C22H27N7O. The lowest BCUT2D eigenvalue weighted by molar-refractivity contribution is 0.0738. The van der Waals surface area contributed by atoms with E-state index in [2.05, 4.69) is 25.8 Å². The molecule has 3 aromatic heterocycles. The van der Waals surface area contributed by atoms with E-state index in [9.17, 15) is 4.79 Å². The van der Waals surface area contributed by atoms with Gasteiger partial charge in [-0.25, -0.2) is 9.97 Å². The van der Waals surface area contributed by atoms with E-state index in [-0.39, 0.29) is 5.91 Å². The van der Waals surface area contributed by atoms with Crippen molar-refractivity contribution in [2.24, 2.45) is 0 Å². The average molecular weight is 406 g/mol. The van der Waals surface area contributed by atoms with E-state index >= 15 is 0 Å². The molecule has 0 aromatic carbocycles. The second-order valence-corrected chi connectivity index (χ2v) is 8.12. The minimum atomic E-state index is 0.0359. The monoisotopic (exact) mass is 405 g/mol. The van der Waals surface area contributed by atoms with E-state index in [1.54, 1.807) is 0 Å². The van der Waals surface area contributed by atoms with Gasteiger partial charge in [0.05, 0.1) is 5.69 Å². The summed E-state index contributed by atoms with van der Waals surface area (Å²) in [4.78, 5) is 33.7. The highest BCUT2D eigenvalue weighted by Gasteiger charge is 2.27. The zero-order valence-corrected chi connectivity index (χ0v) is 17.6. The topological polar surface area (TPSA) is 69.9 Å². The Hall–Kier alpha value is -3.16. The van der Waals surface area contributed by atoms with Gasteiger partial charge >= 0.3 is 0 Å². The van der Waals surface area contributed by atoms with Crippen LogP contribution in [0.25, 0.3) is 5.65 Å². The van der Waals surface area contributed by atoms with Gasteiger partial charge < -0.3 is 14.7 Å². The maximum atomic E-state index is 13.2. The van der Waals surface area contributed by atoms with Crippen LogP contribution < -0.4 is 9.80 Å². The zero-order chi connectivity index (χ0) is 20.7. The highest BCUT2D eigenvalue weighted by atomic mass is 16.2. The number of hydrogen-bond donors (Lipinski definition) is 0. The van der Waals surface area contributed by atoms with Gasteiger partial charge in [0, 0.05) is 57.2 Å². The second-order valence-electron chi connectivity index (χ2n) is 8.12. The molecule has 5 rings (SSSR count). The lowest BCUT2D eigenvalue weighted by Crippen LogP contribution is -2.49. The first-order valence-electron chi connectivity index (χ1n) is 10.7. The third kappa shape index (κ3) is 3.36. The summed E-state index contributed by atoms with van der Waals surface area (Å²) in [6.07, 6.45) is 4.35. The number of fused-ring (bicyclic) bond motifs is 1. The van der Waals surface area contributed by atoms with Crippen LogP contribution in [-0.2, 0) is 0 Å². The molecule has 0 spiro atoms. The maximum Gasteiger partial charge on any atom is 0.272 e. The van der Waals surface area contributed by atoms with Crippen molar-refractivity contribution >= 4 is 23.3 Å². The first kappa shape index (κ1) is 18.8. The molecule has 0 aliphatic carbocycles. The van der Waals surface area contributed by atoms with Crippen molar-refractivity contribution in [2.75, 3.05) is 49.1 Å². The first-order valence-corrected chi connectivity index (χ1v) is 10.7. The highest BCUT2D eigenvalue weighted by Crippen LogP contribution is 2.23. The normalized spacial score (nSPS) is 17.2. The summed E-state index contributed by atoms with van der Waals surface area (Å²) >= 11 is 0. The summed E-state index contributed by atoms with van der Waals surface area (Å²) < 4.78 is 1.88. The average Bonchev–Trinajstić information content (AvgIpc) is 3.40. The molecule has 8 heteroatoms.